The molecule has 110 valence electrons. The van der Waals surface area contributed by atoms with Crippen molar-refractivity contribution in [3.05, 3.63) is 23.7 Å². The quantitative estimate of drug-likeness (QED) is 0.663. The van der Waals surface area contributed by atoms with E-state index in [4.69, 9.17) is 9.15 Å². The summed E-state index contributed by atoms with van der Waals surface area (Å²) in [6, 6.07) is 3.92. The van der Waals surface area contributed by atoms with Gasteiger partial charge in [0.2, 0.25) is 0 Å². The minimum Gasteiger partial charge on any atom is -0.464 e. The molecule has 0 aliphatic heterocycles. The topological polar surface area (TPSA) is 34.4 Å². The summed E-state index contributed by atoms with van der Waals surface area (Å²) in [7, 11) is 0. The molecule has 3 nitrogen and oxygen atoms in total. The second kappa shape index (κ2) is 9.04. The lowest BCUT2D eigenvalue weighted by Gasteiger charge is -2.16. The van der Waals surface area contributed by atoms with Gasteiger partial charge in [-0.15, -0.1) is 0 Å². The van der Waals surface area contributed by atoms with Crippen LogP contribution in [-0.2, 0) is 11.2 Å². The van der Waals surface area contributed by atoms with Crippen LogP contribution < -0.4 is 5.32 Å². The zero-order valence-electron chi connectivity index (χ0n) is 11.6. The molecule has 0 aromatic carbocycles. The zero-order valence-corrected chi connectivity index (χ0v) is 11.6. The Labute approximate surface area is 113 Å². The molecule has 0 spiro atoms. The first kappa shape index (κ1) is 16.1. The first-order chi connectivity index (χ1) is 9.17. The van der Waals surface area contributed by atoms with Crippen LogP contribution in [0.4, 0.5) is 8.78 Å². The molecule has 0 saturated heterocycles. The lowest BCUT2D eigenvalue weighted by atomic mass is 10.1. The standard InChI is InChI=1S/C14H23F2NO2/c1-3-8-17-12(7-9-18-10-14(15)16)13-6-5-11(4-2)19-13/h5-6,12,14,17H,3-4,7-10H2,1-2H3. The van der Waals surface area contributed by atoms with Gasteiger partial charge in [-0.25, -0.2) is 8.78 Å². The predicted octanol–water partition coefficient (Wildman–Crippen LogP) is 3.55. The van der Waals surface area contributed by atoms with Gasteiger partial charge in [0.05, 0.1) is 6.04 Å². The lowest BCUT2D eigenvalue weighted by molar-refractivity contribution is 0.0138. The van der Waals surface area contributed by atoms with Gasteiger partial charge >= 0.3 is 0 Å². The van der Waals surface area contributed by atoms with Crippen LogP contribution in [0.5, 0.6) is 0 Å². The largest absolute Gasteiger partial charge is 0.464 e. The molecule has 1 heterocycles. The molecule has 1 atom stereocenters. The summed E-state index contributed by atoms with van der Waals surface area (Å²) >= 11 is 0. The third-order valence-corrected chi connectivity index (χ3v) is 2.81. The molecule has 1 rings (SSSR count). The van der Waals surface area contributed by atoms with Crippen LogP contribution in [0, 0.1) is 0 Å². The maximum absolute atomic E-state index is 12.0. The van der Waals surface area contributed by atoms with E-state index in [-0.39, 0.29) is 6.04 Å². The fraction of sp³-hybridized carbons (Fsp3) is 0.714. The number of aryl methyl sites for hydroxylation is 1. The van der Waals surface area contributed by atoms with Crippen LogP contribution in [0.25, 0.3) is 0 Å². The predicted molar refractivity (Wildman–Crippen MR) is 70.6 cm³/mol. The van der Waals surface area contributed by atoms with E-state index >= 15 is 0 Å². The highest BCUT2D eigenvalue weighted by Gasteiger charge is 2.15. The number of hydrogen-bond donors (Lipinski definition) is 1. The van der Waals surface area contributed by atoms with Crippen LogP contribution in [0.1, 0.15) is 44.3 Å². The Morgan fingerprint density at radius 1 is 1.32 bits per heavy atom. The first-order valence-corrected chi connectivity index (χ1v) is 6.85. The van der Waals surface area contributed by atoms with Crippen molar-refractivity contribution < 1.29 is 17.9 Å². The Kier molecular flexibility index (Phi) is 7.67. The summed E-state index contributed by atoms with van der Waals surface area (Å²) in [5.74, 6) is 1.79. The van der Waals surface area contributed by atoms with Crippen molar-refractivity contribution in [1.82, 2.24) is 5.32 Å². The molecule has 0 amide bonds. The van der Waals surface area contributed by atoms with Crippen molar-refractivity contribution in [2.45, 2.75) is 45.6 Å². The average molecular weight is 275 g/mol. The summed E-state index contributed by atoms with van der Waals surface area (Å²) in [6.45, 7) is 4.77. The molecular weight excluding hydrogens is 252 g/mol. The summed E-state index contributed by atoms with van der Waals surface area (Å²) in [4.78, 5) is 0. The maximum Gasteiger partial charge on any atom is 0.261 e. The van der Waals surface area contributed by atoms with Crippen molar-refractivity contribution in [1.29, 1.82) is 0 Å². The van der Waals surface area contributed by atoms with Gasteiger partial charge in [-0.2, -0.15) is 0 Å². The number of nitrogens with one attached hydrogen (secondary N) is 1. The summed E-state index contributed by atoms with van der Waals surface area (Å²) in [6.07, 6.45) is 0.0824. The Bertz CT molecular complexity index is 342. The van der Waals surface area contributed by atoms with Crippen molar-refractivity contribution >= 4 is 0 Å². The van der Waals surface area contributed by atoms with Crippen molar-refractivity contribution in [3.8, 4) is 0 Å². The molecule has 0 aliphatic rings. The van der Waals surface area contributed by atoms with E-state index in [0.29, 0.717) is 13.0 Å². The molecule has 0 radical (unpaired) electrons. The second-order valence-corrected chi connectivity index (χ2v) is 4.42. The summed E-state index contributed by atoms with van der Waals surface area (Å²) in [5, 5.41) is 3.35. The van der Waals surface area contributed by atoms with E-state index in [1.807, 2.05) is 19.1 Å². The highest BCUT2D eigenvalue weighted by molar-refractivity contribution is 5.10. The van der Waals surface area contributed by atoms with Crippen LogP contribution in [0.2, 0.25) is 0 Å². The first-order valence-electron chi connectivity index (χ1n) is 6.85. The Morgan fingerprint density at radius 2 is 2.11 bits per heavy atom. The normalized spacial score (nSPS) is 13.1. The highest BCUT2D eigenvalue weighted by Crippen LogP contribution is 2.20. The SMILES string of the molecule is CCCNC(CCOCC(F)F)c1ccc(CC)o1. The van der Waals surface area contributed by atoms with E-state index in [9.17, 15) is 8.78 Å². The number of rotatable bonds is 10. The minimum absolute atomic E-state index is 0.0259. The fourth-order valence-corrected chi connectivity index (χ4v) is 1.81. The number of furan rings is 1. The van der Waals surface area contributed by atoms with Crippen molar-refractivity contribution in [2.75, 3.05) is 19.8 Å². The molecule has 5 heteroatoms. The molecule has 1 N–H and O–H groups in total. The van der Waals surface area contributed by atoms with Gasteiger partial charge in [0.1, 0.15) is 18.1 Å². The second-order valence-electron chi connectivity index (χ2n) is 4.42. The number of alkyl halides is 2. The molecule has 0 fully saturated rings. The number of hydrogen-bond acceptors (Lipinski definition) is 3. The molecule has 19 heavy (non-hydrogen) atoms. The van der Waals surface area contributed by atoms with Gasteiger partial charge < -0.3 is 14.5 Å². The zero-order chi connectivity index (χ0) is 14.1. The van der Waals surface area contributed by atoms with E-state index < -0.39 is 13.0 Å². The van der Waals surface area contributed by atoms with Crippen LogP contribution in [0.3, 0.4) is 0 Å². The molecule has 1 aromatic rings. The van der Waals surface area contributed by atoms with Crippen LogP contribution in [-0.4, -0.2) is 26.2 Å². The van der Waals surface area contributed by atoms with Gasteiger partial charge in [0.25, 0.3) is 6.43 Å². The van der Waals surface area contributed by atoms with Crippen molar-refractivity contribution in [2.24, 2.45) is 0 Å². The lowest BCUT2D eigenvalue weighted by Crippen LogP contribution is -2.23. The molecule has 1 unspecified atom stereocenters. The molecule has 0 saturated carbocycles. The van der Waals surface area contributed by atoms with Gasteiger partial charge in [-0.1, -0.05) is 13.8 Å². The van der Waals surface area contributed by atoms with Gasteiger partial charge in [0, 0.05) is 13.0 Å². The van der Waals surface area contributed by atoms with E-state index in [1.54, 1.807) is 0 Å². The summed E-state index contributed by atoms with van der Waals surface area (Å²) in [5.41, 5.74) is 0. The third-order valence-electron chi connectivity index (χ3n) is 2.81. The number of ether oxygens (including phenoxy) is 1. The monoisotopic (exact) mass is 275 g/mol. The Hall–Kier alpha value is -0.940. The van der Waals surface area contributed by atoms with Gasteiger partial charge in [-0.3, -0.25) is 0 Å². The van der Waals surface area contributed by atoms with Crippen molar-refractivity contribution in [3.63, 3.8) is 0 Å². The summed E-state index contributed by atoms with van der Waals surface area (Å²) < 4.78 is 34.6. The molecule has 0 aliphatic carbocycles. The molecule has 0 bridgehead atoms. The minimum atomic E-state index is -2.41. The van der Waals surface area contributed by atoms with Gasteiger partial charge in [-0.05, 0) is 31.5 Å². The van der Waals surface area contributed by atoms with E-state index in [2.05, 4.69) is 12.2 Å². The highest BCUT2D eigenvalue weighted by atomic mass is 19.3. The van der Waals surface area contributed by atoms with E-state index in [0.717, 1.165) is 30.9 Å². The van der Waals surface area contributed by atoms with Crippen LogP contribution in [0.15, 0.2) is 16.5 Å². The molecule has 1 aromatic heterocycles. The third kappa shape index (κ3) is 6.16. The smallest absolute Gasteiger partial charge is 0.261 e. The average Bonchev–Trinajstić information content (AvgIpc) is 2.86. The molecular formula is C14H23F2NO2. The van der Waals surface area contributed by atoms with E-state index in [1.165, 1.54) is 0 Å². The van der Waals surface area contributed by atoms with Crippen LogP contribution >= 0.6 is 0 Å². The maximum atomic E-state index is 12.0. The number of halogens is 2. The van der Waals surface area contributed by atoms with Gasteiger partial charge in [0.15, 0.2) is 0 Å². The Balaban J connectivity index is 2.46. The fourth-order valence-electron chi connectivity index (χ4n) is 1.81. The Morgan fingerprint density at radius 3 is 2.68 bits per heavy atom.